The molecule has 1 heterocycles. The van der Waals surface area contributed by atoms with Crippen molar-refractivity contribution in [3.8, 4) is 17.2 Å². The Hall–Kier alpha value is -2.21. The smallest absolute Gasteiger partial charge is 0.244 e. The van der Waals surface area contributed by atoms with Crippen LogP contribution in [0.25, 0.3) is 6.08 Å². The number of methoxy groups -OCH3 is 3. The highest BCUT2D eigenvalue weighted by Crippen LogP contribution is 2.40. The molecule has 1 aliphatic rings. The number of carbonyl (C=O) groups is 1. The van der Waals surface area contributed by atoms with Crippen molar-refractivity contribution in [2.45, 2.75) is 18.9 Å². The summed E-state index contributed by atoms with van der Waals surface area (Å²) >= 11 is 0. The van der Waals surface area contributed by atoms with Crippen molar-refractivity contribution in [3.63, 3.8) is 0 Å². The fraction of sp³-hybridized carbons (Fsp3) is 0.471. The van der Waals surface area contributed by atoms with Crippen LogP contribution >= 0.6 is 0 Å². The van der Waals surface area contributed by atoms with Crippen molar-refractivity contribution in [1.29, 1.82) is 0 Å². The molecule has 126 valence electrons. The normalized spacial score (nSPS) is 17.3. The molecule has 6 nitrogen and oxygen atoms in total. The van der Waals surface area contributed by atoms with Gasteiger partial charge in [0.15, 0.2) is 11.5 Å². The van der Waals surface area contributed by atoms with E-state index in [1.165, 1.54) is 6.08 Å². The predicted octanol–water partition coefficient (Wildman–Crippen LogP) is 2.02. The fourth-order valence-electron chi connectivity index (χ4n) is 2.50. The number of hydrogen-bond acceptors (Lipinski definition) is 5. The molecule has 6 heteroatoms. The molecule has 1 saturated heterocycles. The van der Waals surface area contributed by atoms with E-state index in [0.717, 1.165) is 25.0 Å². The molecule has 1 aromatic carbocycles. The highest BCUT2D eigenvalue weighted by atomic mass is 16.5. The molecular weight excluding hydrogens is 298 g/mol. The molecular formula is C17H23NO5. The minimum Gasteiger partial charge on any atom is -0.493 e. The Bertz CT molecular complexity index is 564. The minimum atomic E-state index is -0.169. The SMILES string of the molecule is COc1ccc(/C=C/C(=O)NC[C@@H]2CCCO2)c(OC)c1OC. The second kappa shape index (κ2) is 8.43. The summed E-state index contributed by atoms with van der Waals surface area (Å²) in [5, 5.41) is 2.84. The summed E-state index contributed by atoms with van der Waals surface area (Å²) in [4.78, 5) is 11.9. The number of hydrogen-bond donors (Lipinski definition) is 1. The van der Waals surface area contributed by atoms with Crippen molar-refractivity contribution in [3.05, 3.63) is 23.8 Å². The van der Waals surface area contributed by atoms with Gasteiger partial charge in [0, 0.05) is 24.8 Å². The number of amides is 1. The van der Waals surface area contributed by atoms with Crippen molar-refractivity contribution < 1.29 is 23.7 Å². The van der Waals surface area contributed by atoms with Crippen LogP contribution in [0.3, 0.4) is 0 Å². The first-order valence-electron chi connectivity index (χ1n) is 7.56. The third kappa shape index (κ3) is 4.39. The maximum Gasteiger partial charge on any atom is 0.244 e. The molecule has 1 atom stereocenters. The number of carbonyl (C=O) groups excluding carboxylic acids is 1. The van der Waals surface area contributed by atoms with Crippen LogP contribution < -0.4 is 19.5 Å². The summed E-state index contributed by atoms with van der Waals surface area (Å²) in [6.45, 7) is 1.31. The van der Waals surface area contributed by atoms with Gasteiger partial charge in [0.05, 0.1) is 27.4 Å². The van der Waals surface area contributed by atoms with Crippen molar-refractivity contribution in [1.82, 2.24) is 5.32 Å². The van der Waals surface area contributed by atoms with E-state index in [9.17, 15) is 4.79 Å². The van der Waals surface area contributed by atoms with Crippen LogP contribution in [0, 0.1) is 0 Å². The highest BCUT2D eigenvalue weighted by Gasteiger charge is 2.16. The third-order valence-electron chi connectivity index (χ3n) is 3.68. The Morgan fingerprint density at radius 2 is 2.04 bits per heavy atom. The zero-order valence-corrected chi connectivity index (χ0v) is 13.8. The summed E-state index contributed by atoms with van der Waals surface area (Å²) in [7, 11) is 4.65. The Balaban J connectivity index is 2.04. The van der Waals surface area contributed by atoms with Crippen LogP contribution in [-0.2, 0) is 9.53 Å². The van der Waals surface area contributed by atoms with Gasteiger partial charge in [0.25, 0.3) is 0 Å². The predicted molar refractivity (Wildman–Crippen MR) is 87.1 cm³/mol. The highest BCUT2D eigenvalue weighted by molar-refractivity contribution is 5.92. The molecule has 0 radical (unpaired) electrons. The van der Waals surface area contributed by atoms with E-state index in [0.29, 0.717) is 23.8 Å². The Morgan fingerprint density at radius 1 is 1.26 bits per heavy atom. The molecule has 1 aliphatic heterocycles. The van der Waals surface area contributed by atoms with Crippen LogP contribution in [0.4, 0.5) is 0 Å². The van der Waals surface area contributed by atoms with Gasteiger partial charge in [0.1, 0.15) is 0 Å². The van der Waals surface area contributed by atoms with Gasteiger partial charge >= 0.3 is 0 Å². The molecule has 0 saturated carbocycles. The van der Waals surface area contributed by atoms with E-state index >= 15 is 0 Å². The Kier molecular flexibility index (Phi) is 6.29. The van der Waals surface area contributed by atoms with E-state index in [2.05, 4.69) is 5.32 Å². The van der Waals surface area contributed by atoms with E-state index in [4.69, 9.17) is 18.9 Å². The monoisotopic (exact) mass is 321 g/mol. The quantitative estimate of drug-likeness (QED) is 0.778. The molecule has 1 aromatic rings. The second-order valence-electron chi connectivity index (χ2n) is 5.14. The molecule has 23 heavy (non-hydrogen) atoms. The van der Waals surface area contributed by atoms with E-state index < -0.39 is 0 Å². The first-order chi connectivity index (χ1) is 11.2. The van der Waals surface area contributed by atoms with Gasteiger partial charge in [-0.05, 0) is 31.1 Å². The van der Waals surface area contributed by atoms with Crippen LogP contribution in [0.2, 0.25) is 0 Å². The zero-order valence-electron chi connectivity index (χ0n) is 13.8. The number of rotatable bonds is 7. The molecule has 0 bridgehead atoms. The lowest BCUT2D eigenvalue weighted by Gasteiger charge is -2.14. The largest absolute Gasteiger partial charge is 0.493 e. The molecule has 1 amide bonds. The van der Waals surface area contributed by atoms with Gasteiger partial charge in [-0.1, -0.05) is 0 Å². The Morgan fingerprint density at radius 3 is 2.65 bits per heavy atom. The fourth-order valence-corrected chi connectivity index (χ4v) is 2.50. The van der Waals surface area contributed by atoms with Crippen LogP contribution in [0.5, 0.6) is 17.2 Å². The molecule has 2 rings (SSSR count). The first-order valence-corrected chi connectivity index (χ1v) is 7.56. The van der Waals surface area contributed by atoms with E-state index in [1.54, 1.807) is 33.5 Å². The van der Waals surface area contributed by atoms with Gasteiger partial charge in [-0.25, -0.2) is 0 Å². The standard InChI is InChI=1S/C17H23NO5/c1-20-14-8-6-12(16(21-2)17(14)22-3)7-9-15(19)18-11-13-5-4-10-23-13/h6-9,13H,4-5,10-11H2,1-3H3,(H,18,19)/b9-7+/t13-/m0/s1. The average molecular weight is 321 g/mol. The van der Waals surface area contributed by atoms with Crippen molar-refractivity contribution in [2.24, 2.45) is 0 Å². The zero-order chi connectivity index (χ0) is 16.7. The van der Waals surface area contributed by atoms with Crippen LogP contribution in [-0.4, -0.2) is 46.5 Å². The first kappa shape index (κ1) is 17.1. The lowest BCUT2D eigenvalue weighted by atomic mass is 10.1. The summed E-state index contributed by atoms with van der Waals surface area (Å²) in [5.74, 6) is 1.42. The number of ether oxygens (including phenoxy) is 4. The summed E-state index contributed by atoms with van der Waals surface area (Å²) in [5.41, 5.74) is 0.734. The Labute approximate surface area is 136 Å². The second-order valence-corrected chi connectivity index (χ2v) is 5.14. The van der Waals surface area contributed by atoms with Gasteiger partial charge in [-0.2, -0.15) is 0 Å². The van der Waals surface area contributed by atoms with Crippen molar-refractivity contribution in [2.75, 3.05) is 34.5 Å². The molecule has 0 aromatic heterocycles. The van der Waals surface area contributed by atoms with Crippen LogP contribution in [0.15, 0.2) is 18.2 Å². The molecule has 0 unspecified atom stereocenters. The molecule has 0 aliphatic carbocycles. The summed E-state index contributed by atoms with van der Waals surface area (Å²) < 4.78 is 21.4. The molecule has 0 spiro atoms. The van der Waals surface area contributed by atoms with Gasteiger partial charge in [-0.3, -0.25) is 4.79 Å². The third-order valence-corrected chi connectivity index (χ3v) is 3.68. The summed E-state index contributed by atoms with van der Waals surface area (Å²) in [6, 6.07) is 3.58. The number of benzene rings is 1. The lowest BCUT2D eigenvalue weighted by molar-refractivity contribution is -0.116. The molecule has 1 fully saturated rings. The molecule has 1 N–H and O–H groups in total. The minimum absolute atomic E-state index is 0.128. The van der Waals surface area contributed by atoms with Crippen LogP contribution in [0.1, 0.15) is 18.4 Å². The van der Waals surface area contributed by atoms with Gasteiger partial charge in [0.2, 0.25) is 11.7 Å². The average Bonchev–Trinajstić information content (AvgIpc) is 3.10. The van der Waals surface area contributed by atoms with Crippen molar-refractivity contribution >= 4 is 12.0 Å². The maximum atomic E-state index is 11.9. The van der Waals surface area contributed by atoms with Gasteiger partial charge < -0.3 is 24.3 Å². The van der Waals surface area contributed by atoms with E-state index in [1.807, 2.05) is 6.07 Å². The summed E-state index contributed by atoms with van der Waals surface area (Å²) in [6.07, 6.45) is 5.33. The number of nitrogens with one attached hydrogen (secondary N) is 1. The lowest BCUT2D eigenvalue weighted by Crippen LogP contribution is -2.30. The topological polar surface area (TPSA) is 66.0 Å². The maximum absolute atomic E-state index is 11.9. The van der Waals surface area contributed by atoms with E-state index in [-0.39, 0.29) is 12.0 Å². The van der Waals surface area contributed by atoms with Gasteiger partial charge in [-0.15, -0.1) is 0 Å².